The second kappa shape index (κ2) is 16.2. The fourth-order valence-electron chi connectivity index (χ4n) is 6.45. The topological polar surface area (TPSA) is 122 Å². The van der Waals surface area contributed by atoms with Crippen LogP contribution in [0.3, 0.4) is 0 Å². The van der Waals surface area contributed by atoms with Crippen LogP contribution in [0, 0.1) is 11.6 Å². The Bertz CT molecular complexity index is 1900. The zero-order valence-electron chi connectivity index (χ0n) is 27.6. The summed E-state index contributed by atoms with van der Waals surface area (Å²) in [5.41, 5.74) is 7.96. The van der Waals surface area contributed by atoms with Crippen molar-refractivity contribution in [2.45, 2.75) is 55.1 Å². The van der Waals surface area contributed by atoms with Gasteiger partial charge in [0.2, 0.25) is 10.0 Å². The summed E-state index contributed by atoms with van der Waals surface area (Å²) < 4.78 is 63.5. The Morgan fingerprint density at radius 3 is 2.32 bits per heavy atom. The van der Waals surface area contributed by atoms with Gasteiger partial charge in [-0.1, -0.05) is 60.1 Å². The molecule has 2 amide bonds. The first-order valence-corrected chi connectivity index (χ1v) is 18.0. The number of ether oxygens (including phenoxy) is 1. The van der Waals surface area contributed by atoms with Gasteiger partial charge in [-0.15, -0.1) is 0 Å². The molecule has 0 unspecified atom stereocenters. The fourth-order valence-corrected chi connectivity index (χ4v) is 8.44. The highest BCUT2D eigenvalue weighted by molar-refractivity contribution is 7.89. The number of imide groups is 1. The number of halogens is 3. The van der Waals surface area contributed by atoms with Crippen molar-refractivity contribution in [2.75, 3.05) is 25.1 Å². The molecule has 4 atom stereocenters. The third-order valence-corrected chi connectivity index (χ3v) is 11.3. The van der Waals surface area contributed by atoms with Crippen LogP contribution >= 0.6 is 11.6 Å². The zero-order chi connectivity index (χ0) is 36.0. The van der Waals surface area contributed by atoms with E-state index in [1.165, 1.54) is 46.8 Å². The molecule has 0 aromatic heterocycles. The van der Waals surface area contributed by atoms with E-state index in [2.05, 4.69) is 5.32 Å². The van der Waals surface area contributed by atoms with E-state index in [0.29, 0.717) is 29.2 Å². The molecular weight excluding hydrogens is 686 g/mol. The normalized spacial score (nSPS) is 17.9. The molecule has 50 heavy (non-hydrogen) atoms. The number of methoxy groups -OCH3 is 1. The zero-order valence-corrected chi connectivity index (χ0v) is 29.2. The van der Waals surface area contributed by atoms with Gasteiger partial charge in [0.1, 0.15) is 11.6 Å². The molecule has 4 aromatic rings. The van der Waals surface area contributed by atoms with Gasteiger partial charge in [-0.2, -0.15) is 4.31 Å². The molecule has 3 N–H and O–H groups in total. The van der Waals surface area contributed by atoms with Crippen LogP contribution in [-0.4, -0.2) is 63.0 Å². The third-order valence-electron chi connectivity index (χ3n) is 8.96. The number of amides is 2. The van der Waals surface area contributed by atoms with E-state index in [1.807, 2.05) is 0 Å². The average molecular weight is 725 g/mol. The molecule has 0 saturated carbocycles. The van der Waals surface area contributed by atoms with Crippen molar-refractivity contribution in [3.8, 4) is 0 Å². The van der Waals surface area contributed by atoms with Gasteiger partial charge in [0.05, 0.1) is 23.7 Å². The molecule has 1 heterocycles. The predicted octanol–water partition coefficient (Wildman–Crippen LogP) is 6.06. The number of anilines is 1. The van der Waals surface area contributed by atoms with Crippen LogP contribution in [0.25, 0.3) is 0 Å². The summed E-state index contributed by atoms with van der Waals surface area (Å²) in [6.45, 7) is 2.55. The van der Waals surface area contributed by atoms with E-state index in [0.717, 1.165) is 12.0 Å². The van der Waals surface area contributed by atoms with E-state index in [-0.39, 0.29) is 35.4 Å². The number of piperazine rings is 1. The number of hydrogen-bond acceptors (Lipinski definition) is 7. The number of sulfonamides is 1. The van der Waals surface area contributed by atoms with Crippen molar-refractivity contribution < 1.29 is 31.5 Å². The summed E-state index contributed by atoms with van der Waals surface area (Å²) >= 11 is 6.13. The number of nitrogens with one attached hydrogen (secondary N) is 1. The van der Waals surface area contributed by atoms with Crippen LogP contribution in [0.2, 0.25) is 5.02 Å². The van der Waals surface area contributed by atoms with Gasteiger partial charge in [0.15, 0.2) is 0 Å². The van der Waals surface area contributed by atoms with Gasteiger partial charge < -0.3 is 15.8 Å². The smallest absolute Gasteiger partial charge is 0.420 e. The molecule has 1 saturated heterocycles. The van der Waals surface area contributed by atoms with Crippen molar-refractivity contribution in [3.05, 3.63) is 130 Å². The van der Waals surface area contributed by atoms with Gasteiger partial charge in [0.25, 0.3) is 5.91 Å². The Hall–Kier alpha value is -4.20. The van der Waals surface area contributed by atoms with E-state index in [1.54, 1.807) is 61.5 Å². The molecule has 0 aliphatic carbocycles. The maximum atomic E-state index is 15.7. The SMILES string of the molecule is COC(=O)N(C(=O)[C@@H](N)[C@@H](Cc1ccc(F)cc1)c1ccc(Cl)cc1)c1cccc(F)c1CC[C@H]1CNC[C@@H](C)N1S(=O)(=O)c1ccccc1. The van der Waals surface area contributed by atoms with Gasteiger partial charge in [-0.25, -0.2) is 26.9 Å². The van der Waals surface area contributed by atoms with E-state index < -0.39 is 57.7 Å². The molecule has 264 valence electrons. The molecular formula is C37H39ClF2N4O5S. The predicted molar refractivity (Wildman–Crippen MR) is 188 cm³/mol. The number of nitrogens with two attached hydrogens (primary N) is 1. The Morgan fingerprint density at radius 1 is 0.980 bits per heavy atom. The molecule has 1 aliphatic heterocycles. The van der Waals surface area contributed by atoms with E-state index >= 15 is 4.39 Å². The van der Waals surface area contributed by atoms with Crippen LogP contribution in [0.4, 0.5) is 19.3 Å². The molecule has 0 bridgehead atoms. The minimum absolute atomic E-state index is 0.0198. The first kappa shape index (κ1) is 37.1. The average Bonchev–Trinajstić information content (AvgIpc) is 3.11. The largest absolute Gasteiger partial charge is 0.452 e. The second-order valence-corrected chi connectivity index (χ2v) is 14.5. The van der Waals surface area contributed by atoms with Gasteiger partial charge in [0, 0.05) is 41.7 Å². The molecule has 5 rings (SSSR count). The summed E-state index contributed by atoms with van der Waals surface area (Å²) in [6.07, 6.45) is -0.716. The number of benzene rings is 4. The number of hydrogen-bond donors (Lipinski definition) is 2. The van der Waals surface area contributed by atoms with Crippen molar-refractivity contribution in [2.24, 2.45) is 5.73 Å². The van der Waals surface area contributed by atoms with Gasteiger partial charge in [-0.3, -0.25) is 4.79 Å². The Morgan fingerprint density at radius 2 is 1.66 bits per heavy atom. The highest BCUT2D eigenvalue weighted by Crippen LogP contribution is 2.32. The first-order chi connectivity index (χ1) is 23.9. The first-order valence-electron chi connectivity index (χ1n) is 16.2. The summed E-state index contributed by atoms with van der Waals surface area (Å²) in [7, 11) is -2.79. The lowest BCUT2D eigenvalue weighted by Crippen LogP contribution is -2.58. The summed E-state index contributed by atoms with van der Waals surface area (Å²) in [5, 5.41) is 3.72. The van der Waals surface area contributed by atoms with Crippen molar-refractivity contribution in [1.29, 1.82) is 0 Å². The lowest BCUT2D eigenvalue weighted by Gasteiger charge is -2.40. The fraction of sp³-hybridized carbons (Fsp3) is 0.297. The van der Waals surface area contributed by atoms with E-state index in [9.17, 15) is 22.4 Å². The summed E-state index contributed by atoms with van der Waals surface area (Å²) in [5.74, 6) is -2.67. The molecule has 13 heteroatoms. The van der Waals surface area contributed by atoms with Crippen LogP contribution in [-0.2, 0) is 32.4 Å². The number of rotatable bonds is 11. The van der Waals surface area contributed by atoms with Crippen LogP contribution in [0.1, 0.15) is 36.0 Å². The lowest BCUT2D eigenvalue weighted by molar-refractivity contribution is -0.119. The monoisotopic (exact) mass is 724 g/mol. The molecule has 9 nitrogen and oxygen atoms in total. The van der Waals surface area contributed by atoms with Crippen molar-refractivity contribution >= 4 is 39.3 Å². The molecule has 0 radical (unpaired) electrons. The quantitative estimate of drug-likeness (QED) is 0.193. The number of carbonyl (C=O) groups excluding carboxylic acids is 2. The highest BCUT2D eigenvalue weighted by atomic mass is 35.5. The van der Waals surface area contributed by atoms with Crippen LogP contribution in [0.5, 0.6) is 0 Å². The number of nitrogens with zero attached hydrogens (tertiary/aromatic N) is 2. The molecule has 1 fully saturated rings. The lowest BCUT2D eigenvalue weighted by atomic mass is 9.85. The minimum Gasteiger partial charge on any atom is -0.452 e. The third kappa shape index (κ3) is 8.22. The van der Waals surface area contributed by atoms with Crippen molar-refractivity contribution in [3.63, 3.8) is 0 Å². The van der Waals surface area contributed by atoms with Gasteiger partial charge in [-0.05, 0) is 85.8 Å². The second-order valence-electron chi connectivity index (χ2n) is 12.2. The standard InChI is InChI=1S/C37H39ClF2N4O5S/c1-24-22-42-23-29(44(24)50(47,48)30-7-4-3-5-8-30)19-20-31-33(40)9-6-10-34(31)43(37(46)49-2)36(45)35(41)32(26-13-15-27(38)16-14-26)21-25-11-17-28(39)18-12-25/h3-18,24,29,32,35,42H,19-23,41H2,1-2H3/t24-,29+,32+,35+/m1/s1. The molecule has 0 spiro atoms. The molecule has 4 aromatic carbocycles. The van der Waals surface area contributed by atoms with Crippen molar-refractivity contribution in [1.82, 2.24) is 9.62 Å². The highest BCUT2D eigenvalue weighted by Gasteiger charge is 2.39. The summed E-state index contributed by atoms with van der Waals surface area (Å²) in [6, 6.07) is 22.3. The maximum Gasteiger partial charge on any atom is 0.420 e. The minimum atomic E-state index is -3.90. The maximum absolute atomic E-state index is 15.7. The number of carbonyl (C=O) groups is 2. The van der Waals surface area contributed by atoms with Crippen LogP contribution < -0.4 is 16.0 Å². The Balaban J connectivity index is 1.48. The van der Waals surface area contributed by atoms with Gasteiger partial charge >= 0.3 is 6.09 Å². The summed E-state index contributed by atoms with van der Waals surface area (Å²) in [4.78, 5) is 28.6. The van der Waals surface area contributed by atoms with E-state index in [4.69, 9.17) is 22.1 Å². The Labute approximate surface area is 296 Å². The van der Waals surface area contributed by atoms with Crippen LogP contribution in [0.15, 0.2) is 102 Å². The molecule has 1 aliphatic rings. The Kier molecular flexibility index (Phi) is 12.0.